The molecule has 216 valence electrons. The number of nitrogens with one attached hydrogen (secondary N) is 1. The molecule has 3 aromatic heterocycles. The summed E-state index contributed by atoms with van der Waals surface area (Å²) in [5.41, 5.74) is 3.79. The first-order valence-electron chi connectivity index (χ1n) is 15.3. The van der Waals surface area contributed by atoms with Crippen LogP contribution < -0.4 is 5.32 Å². The maximum atomic E-state index is 13.9. The smallest absolute Gasteiger partial charge is 0.464 e. The summed E-state index contributed by atoms with van der Waals surface area (Å²) in [7, 11) is -0.587. The standard InChI is InChI=1S/C33H36BN3O5/c1-32(2)20-15-26(32)33(3)27(16-20)41-34(42-33)28(14-19-18-40-25-11-5-4-8-21(19)25)36-29(39)17-23-22-9-6-12-35-31(22)37-13-7-10-24(38)30(23)37/h4-6,8-9,11-12,18,20,26-28H,7,10,13-17H2,1-3H3,(H,36,39)/t20-,26-,27+,28-,33-/m0/s1. The van der Waals surface area contributed by atoms with Crippen molar-refractivity contribution in [2.75, 3.05) is 0 Å². The lowest BCUT2D eigenvalue weighted by molar-refractivity contribution is -0.199. The summed E-state index contributed by atoms with van der Waals surface area (Å²) < 4.78 is 21.3. The van der Waals surface area contributed by atoms with Gasteiger partial charge in [-0.15, -0.1) is 0 Å². The van der Waals surface area contributed by atoms with E-state index in [-0.39, 0.29) is 35.2 Å². The molecule has 9 rings (SSSR count). The minimum Gasteiger partial charge on any atom is -0.464 e. The van der Waals surface area contributed by atoms with Crippen LogP contribution in [0.1, 0.15) is 68.1 Å². The number of Topliss-reactive ketones (excluding diaryl/α,β-unsaturated/α-hetero) is 1. The molecular weight excluding hydrogens is 529 g/mol. The van der Waals surface area contributed by atoms with Crippen LogP contribution in [-0.4, -0.2) is 46.0 Å². The van der Waals surface area contributed by atoms with Gasteiger partial charge < -0.3 is 23.6 Å². The van der Waals surface area contributed by atoms with Crippen LogP contribution in [0.4, 0.5) is 0 Å². The highest BCUT2D eigenvalue weighted by molar-refractivity contribution is 6.48. The van der Waals surface area contributed by atoms with Crippen molar-refractivity contribution in [1.29, 1.82) is 0 Å². The van der Waals surface area contributed by atoms with Gasteiger partial charge in [-0.25, -0.2) is 4.98 Å². The van der Waals surface area contributed by atoms with Gasteiger partial charge in [-0.2, -0.15) is 0 Å². The van der Waals surface area contributed by atoms with Gasteiger partial charge in [-0.1, -0.05) is 32.0 Å². The molecule has 4 aromatic rings. The first-order chi connectivity index (χ1) is 20.2. The number of rotatable bonds is 6. The molecule has 5 atom stereocenters. The van der Waals surface area contributed by atoms with Crippen LogP contribution in [0.25, 0.3) is 22.0 Å². The van der Waals surface area contributed by atoms with E-state index in [9.17, 15) is 9.59 Å². The minimum atomic E-state index is -0.587. The second kappa shape index (κ2) is 9.29. The van der Waals surface area contributed by atoms with E-state index < -0.39 is 13.1 Å². The van der Waals surface area contributed by atoms with E-state index in [0.29, 0.717) is 30.4 Å². The Balaban J connectivity index is 1.11. The number of nitrogens with zero attached hydrogens (tertiary/aromatic N) is 2. The highest BCUT2D eigenvalue weighted by Crippen LogP contribution is 2.65. The fourth-order valence-electron chi connectivity index (χ4n) is 8.61. The number of furan rings is 1. The van der Waals surface area contributed by atoms with Crippen LogP contribution in [0.3, 0.4) is 0 Å². The summed E-state index contributed by atoms with van der Waals surface area (Å²) in [6, 6.07) is 11.8. The predicted octanol–water partition coefficient (Wildman–Crippen LogP) is 5.30. The Bertz CT molecular complexity index is 1740. The number of aromatic nitrogens is 2. The largest absolute Gasteiger partial charge is 0.482 e. The van der Waals surface area contributed by atoms with Crippen molar-refractivity contribution < 1.29 is 23.3 Å². The van der Waals surface area contributed by atoms with E-state index >= 15 is 0 Å². The van der Waals surface area contributed by atoms with E-state index in [0.717, 1.165) is 58.9 Å². The number of ketones is 1. The van der Waals surface area contributed by atoms with E-state index in [1.165, 1.54) is 0 Å². The number of benzene rings is 1. The van der Waals surface area contributed by atoms with Crippen LogP contribution in [0, 0.1) is 17.3 Å². The second-order valence-electron chi connectivity index (χ2n) is 13.5. The molecule has 8 nitrogen and oxygen atoms in total. The summed E-state index contributed by atoms with van der Waals surface area (Å²) >= 11 is 0. The molecule has 0 unspecified atom stereocenters. The Morgan fingerprint density at radius 2 is 2.00 bits per heavy atom. The van der Waals surface area contributed by atoms with Crippen molar-refractivity contribution in [3.05, 3.63) is 65.7 Å². The molecule has 3 aliphatic carbocycles. The summed E-state index contributed by atoms with van der Waals surface area (Å²) in [5, 5.41) is 5.18. The van der Waals surface area contributed by atoms with Gasteiger partial charge >= 0.3 is 7.12 Å². The molecule has 2 bridgehead atoms. The highest BCUT2D eigenvalue weighted by Gasteiger charge is 2.68. The summed E-state index contributed by atoms with van der Waals surface area (Å²) in [6.45, 7) is 7.62. The average molecular weight is 565 g/mol. The normalized spacial score (nSPS) is 28.4. The van der Waals surface area contributed by atoms with E-state index in [4.69, 9.17) is 13.7 Å². The molecule has 0 spiro atoms. The Kier molecular flexibility index (Phi) is 5.80. The SMILES string of the molecule is CC1(C)[C@@H]2C[C@H]3OB([C@H](Cc4coc5ccccc45)NC(=O)Cc4c5n(c6ncccc46)CCCC5=O)O[C@@]3(C)[C@H]1C2. The van der Waals surface area contributed by atoms with Crippen LogP contribution in [0.5, 0.6) is 0 Å². The molecule has 5 aliphatic rings. The van der Waals surface area contributed by atoms with Crippen molar-refractivity contribution in [3.63, 3.8) is 0 Å². The number of carbonyl (C=O) groups is 2. The fourth-order valence-corrected chi connectivity index (χ4v) is 8.61. The molecule has 0 radical (unpaired) electrons. The summed E-state index contributed by atoms with van der Waals surface area (Å²) in [5.74, 6) is 0.531. The number of hydrogen-bond acceptors (Lipinski definition) is 6. The molecule has 9 heteroatoms. The molecule has 2 aliphatic heterocycles. The van der Waals surface area contributed by atoms with Gasteiger partial charge in [-0.05, 0) is 79.2 Å². The topological polar surface area (TPSA) is 95.6 Å². The maximum absolute atomic E-state index is 13.9. The highest BCUT2D eigenvalue weighted by atomic mass is 16.7. The van der Waals surface area contributed by atoms with Crippen molar-refractivity contribution in [2.24, 2.45) is 17.3 Å². The molecule has 3 saturated carbocycles. The first-order valence-corrected chi connectivity index (χ1v) is 15.3. The Labute approximate surface area is 245 Å². The third-order valence-corrected chi connectivity index (χ3v) is 11.0. The summed E-state index contributed by atoms with van der Waals surface area (Å²) in [4.78, 5) is 31.5. The lowest BCUT2D eigenvalue weighted by Gasteiger charge is -2.64. The molecule has 1 aromatic carbocycles. The third kappa shape index (κ3) is 3.79. The molecular formula is C33H36BN3O5. The number of para-hydroxylation sites is 1. The van der Waals surface area contributed by atoms with Gasteiger partial charge in [0.1, 0.15) is 11.2 Å². The van der Waals surface area contributed by atoms with Crippen LogP contribution >= 0.6 is 0 Å². The monoisotopic (exact) mass is 565 g/mol. The molecule has 1 amide bonds. The van der Waals surface area contributed by atoms with Gasteiger partial charge in [0.05, 0.1) is 36.0 Å². The van der Waals surface area contributed by atoms with Crippen molar-refractivity contribution in [1.82, 2.24) is 14.9 Å². The third-order valence-electron chi connectivity index (χ3n) is 11.0. The zero-order valence-corrected chi connectivity index (χ0v) is 24.4. The first kappa shape index (κ1) is 26.2. The lowest BCUT2D eigenvalue weighted by Crippen LogP contribution is -2.65. The Hall–Kier alpha value is -3.43. The Morgan fingerprint density at radius 1 is 1.17 bits per heavy atom. The maximum Gasteiger partial charge on any atom is 0.482 e. The number of carbonyl (C=O) groups excluding carboxylic acids is 2. The predicted molar refractivity (Wildman–Crippen MR) is 159 cm³/mol. The van der Waals surface area contributed by atoms with E-state index in [1.807, 2.05) is 41.0 Å². The zero-order chi connectivity index (χ0) is 28.8. The van der Waals surface area contributed by atoms with Crippen molar-refractivity contribution in [2.45, 2.75) is 83.5 Å². The number of aryl methyl sites for hydroxylation is 1. The van der Waals surface area contributed by atoms with Gasteiger partial charge in [-0.3, -0.25) is 9.59 Å². The van der Waals surface area contributed by atoms with Crippen molar-refractivity contribution >= 4 is 40.8 Å². The second-order valence-corrected chi connectivity index (χ2v) is 13.5. The van der Waals surface area contributed by atoms with Gasteiger partial charge in [0.25, 0.3) is 0 Å². The minimum absolute atomic E-state index is 0.00547. The van der Waals surface area contributed by atoms with Crippen LogP contribution in [-0.2, 0) is 33.5 Å². The van der Waals surface area contributed by atoms with Crippen LogP contribution in [0.2, 0.25) is 0 Å². The lowest BCUT2D eigenvalue weighted by atomic mass is 9.43. The molecule has 4 fully saturated rings. The van der Waals surface area contributed by atoms with Gasteiger partial charge in [0.15, 0.2) is 5.78 Å². The number of hydrogen-bond donors (Lipinski definition) is 1. The molecule has 5 heterocycles. The van der Waals surface area contributed by atoms with Gasteiger partial charge in [0.2, 0.25) is 5.91 Å². The van der Waals surface area contributed by atoms with E-state index in [1.54, 1.807) is 12.5 Å². The quantitative estimate of drug-likeness (QED) is 0.319. The molecule has 42 heavy (non-hydrogen) atoms. The van der Waals surface area contributed by atoms with Crippen molar-refractivity contribution in [3.8, 4) is 0 Å². The fraction of sp³-hybridized carbons (Fsp3) is 0.485. The Morgan fingerprint density at radius 3 is 2.86 bits per heavy atom. The molecule has 1 saturated heterocycles. The number of fused-ring (bicyclic) bond motifs is 4. The number of amides is 1. The molecule has 1 N–H and O–H groups in total. The van der Waals surface area contributed by atoms with E-state index in [2.05, 4.69) is 31.1 Å². The zero-order valence-electron chi connectivity index (χ0n) is 24.4. The van der Waals surface area contributed by atoms with Gasteiger partial charge in [0, 0.05) is 29.9 Å². The average Bonchev–Trinajstić information content (AvgIpc) is 3.65. The number of pyridine rings is 1. The summed E-state index contributed by atoms with van der Waals surface area (Å²) in [6.07, 6.45) is 7.52. The van der Waals surface area contributed by atoms with Crippen LogP contribution in [0.15, 0.2) is 53.3 Å².